The largest absolute Gasteiger partial charge is 0.383 e. The lowest BCUT2D eigenvalue weighted by Crippen LogP contribution is -2.08. The summed E-state index contributed by atoms with van der Waals surface area (Å²) >= 11 is 0. The second kappa shape index (κ2) is 8.27. The molecule has 4 nitrogen and oxygen atoms in total. The van der Waals surface area contributed by atoms with Gasteiger partial charge in [-0.05, 0) is 12.8 Å². The molecule has 0 bridgehead atoms. The molecule has 78 valence electrons. The summed E-state index contributed by atoms with van der Waals surface area (Å²) < 4.78 is 0. The molecule has 0 atom stereocenters. The third-order valence-electron chi connectivity index (χ3n) is 1.40. The van der Waals surface area contributed by atoms with Crippen LogP contribution in [0.5, 0.6) is 0 Å². The number of nitriles is 1. The topological polar surface area (TPSA) is 59.3 Å². The molecule has 14 heavy (non-hydrogen) atoms. The van der Waals surface area contributed by atoms with E-state index in [1.807, 2.05) is 13.8 Å². The first-order valence-corrected chi connectivity index (χ1v) is 4.70. The Morgan fingerprint density at radius 2 is 2.14 bits per heavy atom. The molecule has 0 fully saturated rings. The molecule has 4 heteroatoms. The van der Waals surface area contributed by atoms with Crippen molar-refractivity contribution in [1.29, 1.82) is 5.26 Å². The fourth-order valence-corrected chi connectivity index (χ4v) is 0.687. The van der Waals surface area contributed by atoms with E-state index in [9.17, 15) is 4.79 Å². The van der Waals surface area contributed by atoms with Gasteiger partial charge in [-0.15, -0.1) is 0 Å². The van der Waals surface area contributed by atoms with Crippen molar-refractivity contribution in [2.24, 2.45) is 0 Å². The predicted octanol–water partition coefficient (Wildman–Crippen LogP) is 2.12. The second-order valence-corrected chi connectivity index (χ2v) is 2.71. The lowest BCUT2D eigenvalue weighted by Gasteiger charge is -2.00. The van der Waals surface area contributed by atoms with E-state index < -0.39 is 5.97 Å². The summed E-state index contributed by atoms with van der Waals surface area (Å²) in [6.45, 7) is 4.20. The highest BCUT2D eigenvalue weighted by Crippen LogP contribution is 2.01. The van der Waals surface area contributed by atoms with Gasteiger partial charge in [-0.25, -0.2) is 4.79 Å². The Bertz CT molecular complexity index is 240. The fourth-order valence-electron chi connectivity index (χ4n) is 0.687. The summed E-state index contributed by atoms with van der Waals surface area (Å²) in [7, 11) is 0. The molecule has 0 saturated carbocycles. The van der Waals surface area contributed by atoms with E-state index in [1.54, 1.807) is 12.1 Å². The number of allylic oxidation sites excluding steroid dienone is 1. The van der Waals surface area contributed by atoms with Crippen LogP contribution < -0.4 is 0 Å². The molecular formula is C10H15NO3. The third kappa shape index (κ3) is 5.33. The first-order valence-electron chi connectivity index (χ1n) is 4.70. The molecule has 0 aliphatic carbocycles. The molecule has 0 aromatic rings. The van der Waals surface area contributed by atoms with Crippen molar-refractivity contribution in [3.63, 3.8) is 0 Å². The summed E-state index contributed by atoms with van der Waals surface area (Å²) in [6, 6.07) is 1.77. The standard InChI is InChI=1S/C10H15NO3/c1-3-5-6-9(8-11)10(12)14-13-7-4-2/h6H,3-5,7H2,1-2H3. The molecular weight excluding hydrogens is 182 g/mol. The molecule has 0 aromatic heterocycles. The van der Waals surface area contributed by atoms with E-state index in [0.717, 1.165) is 12.8 Å². The van der Waals surface area contributed by atoms with Crippen LogP contribution in [-0.2, 0) is 14.6 Å². The van der Waals surface area contributed by atoms with Gasteiger partial charge in [-0.2, -0.15) is 10.1 Å². The summed E-state index contributed by atoms with van der Waals surface area (Å²) in [5.74, 6) is -0.714. The van der Waals surface area contributed by atoms with E-state index in [0.29, 0.717) is 13.0 Å². The fraction of sp³-hybridized carbons (Fsp3) is 0.600. The van der Waals surface area contributed by atoms with Gasteiger partial charge in [0.2, 0.25) is 0 Å². The van der Waals surface area contributed by atoms with Crippen molar-refractivity contribution in [2.45, 2.75) is 33.1 Å². The molecule has 0 N–H and O–H groups in total. The molecule has 0 amide bonds. The number of nitrogens with zero attached hydrogens (tertiary/aromatic N) is 1. The van der Waals surface area contributed by atoms with Gasteiger partial charge in [-0.1, -0.05) is 26.3 Å². The zero-order chi connectivity index (χ0) is 10.8. The summed E-state index contributed by atoms with van der Waals surface area (Å²) in [5, 5.41) is 8.60. The summed E-state index contributed by atoms with van der Waals surface area (Å²) in [4.78, 5) is 20.1. The minimum atomic E-state index is -0.714. The lowest BCUT2D eigenvalue weighted by molar-refractivity contribution is -0.267. The number of carbonyl (C=O) groups is 1. The molecule has 0 heterocycles. The van der Waals surface area contributed by atoms with Crippen LogP contribution in [0, 0.1) is 11.3 Å². The van der Waals surface area contributed by atoms with Crippen LogP contribution in [0.25, 0.3) is 0 Å². The molecule has 0 aliphatic heterocycles. The Morgan fingerprint density at radius 3 is 2.64 bits per heavy atom. The summed E-state index contributed by atoms with van der Waals surface area (Å²) in [5.41, 5.74) is 0.00273. The molecule has 0 radical (unpaired) electrons. The van der Waals surface area contributed by atoms with Gasteiger partial charge in [0.25, 0.3) is 0 Å². The minimum Gasteiger partial charge on any atom is -0.292 e. The van der Waals surface area contributed by atoms with Gasteiger partial charge in [0.05, 0.1) is 6.61 Å². The van der Waals surface area contributed by atoms with Gasteiger partial charge < -0.3 is 0 Å². The first kappa shape index (κ1) is 12.7. The van der Waals surface area contributed by atoms with E-state index in [2.05, 4.69) is 9.78 Å². The number of hydrogen-bond donors (Lipinski definition) is 0. The third-order valence-corrected chi connectivity index (χ3v) is 1.40. The molecule has 0 unspecified atom stereocenters. The predicted molar refractivity (Wildman–Crippen MR) is 50.9 cm³/mol. The average molecular weight is 197 g/mol. The van der Waals surface area contributed by atoms with Crippen LogP contribution >= 0.6 is 0 Å². The summed E-state index contributed by atoms with van der Waals surface area (Å²) in [6.07, 6.45) is 3.88. The van der Waals surface area contributed by atoms with Crippen LogP contribution in [0.15, 0.2) is 11.6 Å². The smallest absolute Gasteiger partial charge is 0.292 e. The zero-order valence-corrected chi connectivity index (χ0v) is 8.58. The van der Waals surface area contributed by atoms with E-state index >= 15 is 0 Å². The van der Waals surface area contributed by atoms with Gasteiger partial charge in [0.15, 0.2) is 0 Å². The molecule has 0 saturated heterocycles. The average Bonchev–Trinajstić information content (AvgIpc) is 2.19. The molecule has 0 aliphatic rings. The van der Waals surface area contributed by atoms with Gasteiger partial charge in [0, 0.05) is 0 Å². The number of hydrogen-bond acceptors (Lipinski definition) is 4. The van der Waals surface area contributed by atoms with Crippen LogP contribution in [0.3, 0.4) is 0 Å². The van der Waals surface area contributed by atoms with Crippen LogP contribution in [-0.4, -0.2) is 12.6 Å². The van der Waals surface area contributed by atoms with Gasteiger partial charge >= 0.3 is 5.97 Å². The zero-order valence-electron chi connectivity index (χ0n) is 8.58. The van der Waals surface area contributed by atoms with Crippen molar-refractivity contribution in [2.75, 3.05) is 6.61 Å². The molecule has 0 aromatic carbocycles. The van der Waals surface area contributed by atoms with Crippen molar-refractivity contribution >= 4 is 5.97 Å². The van der Waals surface area contributed by atoms with Crippen LogP contribution in [0.2, 0.25) is 0 Å². The number of unbranched alkanes of at least 4 members (excludes halogenated alkanes) is 1. The lowest BCUT2D eigenvalue weighted by atomic mass is 10.2. The van der Waals surface area contributed by atoms with Gasteiger partial charge in [-0.3, -0.25) is 4.89 Å². The second-order valence-electron chi connectivity index (χ2n) is 2.71. The Labute approximate surface area is 84.0 Å². The highest BCUT2D eigenvalue weighted by molar-refractivity contribution is 5.92. The Hall–Kier alpha value is -1.34. The molecule has 0 rings (SSSR count). The van der Waals surface area contributed by atoms with Crippen molar-refractivity contribution in [3.05, 3.63) is 11.6 Å². The first-order chi connectivity index (χ1) is 6.76. The Balaban J connectivity index is 4.00. The quantitative estimate of drug-likeness (QED) is 0.215. The highest BCUT2D eigenvalue weighted by atomic mass is 17.2. The van der Waals surface area contributed by atoms with Crippen LogP contribution in [0.4, 0.5) is 0 Å². The maximum absolute atomic E-state index is 11.1. The number of carbonyl (C=O) groups excluding carboxylic acids is 1. The number of rotatable bonds is 6. The minimum absolute atomic E-state index is 0.00273. The van der Waals surface area contributed by atoms with E-state index in [-0.39, 0.29) is 5.57 Å². The van der Waals surface area contributed by atoms with Gasteiger partial charge in [0.1, 0.15) is 11.6 Å². The Morgan fingerprint density at radius 1 is 1.43 bits per heavy atom. The normalized spacial score (nSPS) is 10.8. The highest BCUT2D eigenvalue weighted by Gasteiger charge is 2.10. The monoisotopic (exact) mass is 197 g/mol. The molecule has 0 spiro atoms. The van der Waals surface area contributed by atoms with E-state index in [1.165, 1.54) is 0 Å². The maximum atomic E-state index is 11.1. The SMILES string of the molecule is CCCC=C(C#N)C(=O)OOCCC. The Kier molecular flexibility index (Phi) is 7.48. The maximum Gasteiger partial charge on any atom is 0.383 e. The van der Waals surface area contributed by atoms with Crippen LogP contribution in [0.1, 0.15) is 33.1 Å². The van der Waals surface area contributed by atoms with E-state index in [4.69, 9.17) is 5.26 Å². The van der Waals surface area contributed by atoms with Crippen molar-refractivity contribution in [3.8, 4) is 6.07 Å². The van der Waals surface area contributed by atoms with Crippen molar-refractivity contribution < 1.29 is 14.6 Å². The van der Waals surface area contributed by atoms with Crippen molar-refractivity contribution in [1.82, 2.24) is 0 Å².